The van der Waals surface area contributed by atoms with Gasteiger partial charge in [0.25, 0.3) is 0 Å². The highest BCUT2D eigenvalue weighted by Gasteiger charge is 2.19. The highest BCUT2D eigenvalue weighted by Crippen LogP contribution is 2.37. The Morgan fingerprint density at radius 1 is 1.35 bits per heavy atom. The zero-order chi connectivity index (χ0) is 14.6. The molecule has 0 aromatic carbocycles. The zero-order valence-electron chi connectivity index (χ0n) is 11.8. The Bertz CT molecular complexity index is 554. The van der Waals surface area contributed by atoms with Crippen molar-refractivity contribution in [3.8, 4) is 11.1 Å². The molecular formula is C14H20N4OS. The summed E-state index contributed by atoms with van der Waals surface area (Å²) in [4.78, 5) is 4.02. The quantitative estimate of drug-likeness (QED) is 0.762. The topological polar surface area (TPSA) is 84.1 Å². The van der Waals surface area contributed by atoms with E-state index in [1.165, 1.54) is 11.5 Å². The Balaban J connectivity index is 2.18. The lowest BCUT2D eigenvalue weighted by Gasteiger charge is -2.24. The summed E-state index contributed by atoms with van der Waals surface area (Å²) in [5.41, 5.74) is 7.92. The van der Waals surface area contributed by atoms with Crippen molar-refractivity contribution < 1.29 is 5.11 Å². The fourth-order valence-corrected chi connectivity index (χ4v) is 2.66. The van der Waals surface area contributed by atoms with Crippen LogP contribution in [0.25, 0.3) is 11.1 Å². The third kappa shape index (κ3) is 3.46. The van der Waals surface area contributed by atoms with Crippen molar-refractivity contribution in [1.82, 2.24) is 9.36 Å². The van der Waals surface area contributed by atoms with E-state index in [0.717, 1.165) is 29.1 Å². The molecule has 2 heterocycles. The van der Waals surface area contributed by atoms with Gasteiger partial charge in [0.2, 0.25) is 0 Å². The monoisotopic (exact) mass is 292 g/mol. The van der Waals surface area contributed by atoms with Crippen molar-refractivity contribution in [1.29, 1.82) is 0 Å². The summed E-state index contributed by atoms with van der Waals surface area (Å²) in [6.07, 6.45) is 4.23. The average Bonchev–Trinajstić information content (AvgIpc) is 2.79. The highest BCUT2D eigenvalue weighted by atomic mass is 32.1. The number of anilines is 2. The molecule has 0 aliphatic carbocycles. The van der Waals surface area contributed by atoms with E-state index in [0.29, 0.717) is 5.82 Å². The van der Waals surface area contributed by atoms with Gasteiger partial charge >= 0.3 is 0 Å². The molecule has 6 heteroatoms. The van der Waals surface area contributed by atoms with Crippen molar-refractivity contribution in [2.45, 2.75) is 20.3 Å². The van der Waals surface area contributed by atoms with Crippen molar-refractivity contribution in [2.24, 2.45) is 5.41 Å². The number of rotatable bonds is 6. The van der Waals surface area contributed by atoms with Gasteiger partial charge in [0.1, 0.15) is 10.8 Å². The second kappa shape index (κ2) is 6.19. The lowest BCUT2D eigenvalue weighted by molar-refractivity contribution is 0.220. The van der Waals surface area contributed by atoms with Gasteiger partial charge in [0.05, 0.1) is 5.56 Å². The van der Waals surface area contributed by atoms with Gasteiger partial charge in [-0.3, -0.25) is 4.98 Å². The summed E-state index contributed by atoms with van der Waals surface area (Å²) in [6, 6.07) is 3.84. The average molecular weight is 292 g/mol. The minimum Gasteiger partial charge on any atom is -0.396 e. The number of nitrogens with zero attached hydrogens (tertiary/aromatic N) is 2. The van der Waals surface area contributed by atoms with Crippen LogP contribution in [0.2, 0.25) is 0 Å². The number of pyridine rings is 1. The van der Waals surface area contributed by atoms with Crippen LogP contribution in [0.3, 0.4) is 0 Å². The van der Waals surface area contributed by atoms with Crippen LogP contribution in [0.15, 0.2) is 24.5 Å². The first-order valence-electron chi connectivity index (χ1n) is 6.54. The fourth-order valence-electron chi connectivity index (χ4n) is 1.93. The maximum Gasteiger partial charge on any atom is 0.147 e. The van der Waals surface area contributed by atoms with Gasteiger partial charge in [0.15, 0.2) is 0 Å². The molecule has 0 fully saturated rings. The van der Waals surface area contributed by atoms with Crippen LogP contribution in [-0.2, 0) is 0 Å². The lowest BCUT2D eigenvalue weighted by Crippen LogP contribution is -2.24. The molecule has 0 unspecified atom stereocenters. The Labute approximate surface area is 123 Å². The summed E-state index contributed by atoms with van der Waals surface area (Å²) in [5.74, 6) is 0.531. The second-order valence-corrected chi connectivity index (χ2v) is 6.27. The van der Waals surface area contributed by atoms with E-state index in [4.69, 9.17) is 10.8 Å². The number of hydrogen-bond acceptors (Lipinski definition) is 6. The molecule has 0 saturated carbocycles. The molecule has 2 aromatic heterocycles. The van der Waals surface area contributed by atoms with E-state index in [9.17, 15) is 0 Å². The maximum absolute atomic E-state index is 9.07. The van der Waals surface area contributed by atoms with Gasteiger partial charge in [-0.1, -0.05) is 13.8 Å². The van der Waals surface area contributed by atoms with Crippen LogP contribution in [0.1, 0.15) is 20.3 Å². The summed E-state index contributed by atoms with van der Waals surface area (Å²) in [6.45, 7) is 5.18. The normalized spacial score (nSPS) is 11.6. The predicted molar refractivity (Wildman–Crippen MR) is 83.7 cm³/mol. The van der Waals surface area contributed by atoms with Gasteiger partial charge < -0.3 is 16.2 Å². The van der Waals surface area contributed by atoms with E-state index < -0.39 is 0 Å². The molecule has 4 N–H and O–H groups in total. The Kier molecular flexibility index (Phi) is 4.57. The second-order valence-electron chi connectivity index (χ2n) is 5.50. The smallest absolute Gasteiger partial charge is 0.147 e. The lowest BCUT2D eigenvalue weighted by atomic mass is 9.90. The van der Waals surface area contributed by atoms with Gasteiger partial charge in [-0.2, -0.15) is 4.37 Å². The minimum absolute atomic E-state index is 0.0169. The molecule has 0 amide bonds. The van der Waals surface area contributed by atoms with Crippen LogP contribution >= 0.6 is 11.5 Å². The number of aromatic nitrogens is 2. The van der Waals surface area contributed by atoms with E-state index >= 15 is 0 Å². The zero-order valence-corrected chi connectivity index (χ0v) is 12.6. The summed E-state index contributed by atoms with van der Waals surface area (Å²) < 4.78 is 4.23. The fraction of sp³-hybridized carbons (Fsp3) is 0.429. The summed E-state index contributed by atoms with van der Waals surface area (Å²) in [5, 5.41) is 13.4. The third-order valence-corrected chi connectivity index (χ3v) is 4.02. The first-order chi connectivity index (χ1) is 9.53. The molecular weight excluding hydrogens is 272 g/mol. The molecule has 0 aliphatic rings. The van der Waals surface area contributed by atoms with Crippen LogP contribution in [-0.4, -0.2) is 27.6 Å². The molecule has 0 saturated heterocycles. The van der Waals surface area contributed by atoms with Gasteiger partial charge in [-0.05, 0) is 41.1 Å². The largest absolute Gasteiger partial charge is 0.396 e. The molecule has 0 bridgehead atoms. The van der Waals surface area contributed by atoms with Gasteiger partial charge in [0, 0.05) is 25.5 Å². The highest BCUT2D eigenvalue weighted by molar-refractivity contribution is 7.11. The Morgan fingerprint density at radius 3 is 2.70 bits per heavy atom. The standard InChI is InChI=1S/C14H20N4OS/c1-14(2,5-8-19)9-17-13-11(12(15)18-20-13)10-3-6-16-7-4-10/h3-4,6-7,17,19H,5,8-9H2,1-2H3,(H2,15,18). The van der Waals surface area contributed by atoms with Crippen LogP contribution in [0.4, 0.5) is 10.8 Å². The first kappa shape index (κ1) is 14.7. The molecule has 108 valence electrons. The van der Waals surface area contributed by atoms with Crippen molar-refractivity contribution in [3.63, 3.8) is 0 Å². The number of aliphatic hydroxyl groups excluding tert-OH is 1. The minimum atomic E-state index is 0.0169. The van der Waals surface area contributed by atoms with Crippen molar-refractivity contribution >= 4 is 22.4 Å². The third-order valence-electron chi connectivity index (χ3n) is 3.20. The Hall–Kier alpha value is -1.66. The van der Waals surface area contributed by atoms with Crippen molar-refractivity contribution in [2.75, 3.05) is 24.2 Å². The molecule has 20 heavy (non-hydrogen) atoms. The molecule has 2 rings (SSSR count). The van der Waals surface area contributed by atoms with Gasteiger partial charge in [-0.15, -0.1) is 0 Å². The predicted octanol–water partition coefficient (Wildman–Crippen LogP) is 2.61. The number of aliphatic hydroxyl groups is 1. The van der Waals surface area contributed by atoms with Gasteiger partial charge in [-0.25, -0.2) is 0 Å². The molecule has 0 radical (unpaired) electrons. The van der Waals surface area contributed by atoms with E-state index in [1.54, 1.807) is 12.4 Å². The molecule has 5 nitrogen and oxygen atoms in total. The van der Waals surface area contributed by atoms with Crippen molar-refractivity contribution in [3.05, 3.63) is 24.5 Å². The van der Waals surface area contributed by atoms with Crippen LogP contribution in [0, 0.1) is 5.41 Å². The van der Waals surface area contributed by atoms with E-state index in [1.807, 2.05) is 12.1 Å². The number of nitrogens with one attached hydrogen (secondary N) is 1. The number of nitrogen functional groups attached to an aromatic ring is 1. The molecule has 0 spiro atoms. The summed E-state index contributed by atoms with van der Waals surface area (Å²) >= 11 is 1.36. The molecule has 0 atom stereocenters. The maximum atomic E-state index is 9.07. The SMILES string of the molecule is CC(C)(CCO)CNc1snc(N)c1-c1ccncc1. The Morgan fingerprint density at radius 2 is 2.05 bits per heavy atom. The van der Waals surface area contributed by atoms with Crippen LogP contribution < -0.4 is 11.1 Å². The van der Waals surface area contributed by atoms with Crippen LogP contribution in [0.5, 0.6) is 0 Å². The first-order valence-corrected chi connectivity index (χ1v) is 7.31. The summed E-state index contributed by atoms with van der Waals surface area (Å²) in [7, 11) is 0. The van der Waals surface area contributed by atoms with E-state index in [-0.39, 0.29) is 12.0 Å². The van der Waals surface area contributed by atoms with E-state index in [2.05, 4.69) is 28.5 Å². The number of nitrogens with two attached hydrogens (primary N) is 1. The molecule has 2 aromatic rings. The number of hydrogen-bond donors (Lipinski definition) is 3. The molecule has 0 aliphatic heterocycles.